The maximum Gasteiger partial charge on any atom is 0.338 e. The Hall–Kier alpha value is -4.70. The molecule has 0 aliphatic carbocycles. The molecule has 0 saturated carbocycles. The second kappa shape index (κ2) is 11.1. The molecule has 5 rings (SSSR count). The van der Waals surface area contributed by atoms with Crippen molar-refractivity contribution < 1.29 is 24.2 Å². The van der Waals surface area contributed by atoms with E-state index in [4.69, 9.17) is 9.47 Å². The number of ether oxygens (including phenoxy) is 2. The number of nitrogens with zero attached hydrogens (tertiary/aromatic N) is 3. The molecule has 1 aliphatic rings. The predicted octanol–water partition coefficient (Wildman–Crippen LogP) is 3.91. The third kappa shape index (κ3) is 5.02. The molecule has 1 aliphatic heterocycles. The van der Waals surface area contributed by atoms with Crippen LogP contribution in [0.3, 0.4) is 0 Å². The molecule has 0 amide bonds. The number of fused-ring (bicyclic) bond motifs is 1. The van der Waals surface area contributed by atoms with Crippen LogP contribution in [0.2, 0.25) is 0 Å². The third-order valence-electron chi connectivity index (χ3n) is 7.08. The molecule has 3 heterocycles. The minimum atomic E-state index is -0.983. The maximum absolute atomic E-state index is 14.0. The Kier molecular flexibility index (Phi) is 7.51. The average molecular weight is 572 g/mol. The van der Waals surface area contributed by atoms with E-state index in [1.807, 2.05) is 42.7 Å². The summed E-state index contributed by atoms with van der Waals surface area (Å²) in [5.74, 6) is -0.836. The zero-order valence-electron chi connectivity index (χ0n) is 23.3. The van der Waals surface area contributed by atoms with Crippen molar-refractivity contribution in [3.05, 3.63) is 114 Å². The number of hydrogen-bond donors (Lipinski definition) is 1. The van der Waals surface area contributed by atoms with Crippen LogP contribution in [0.25, 0.3) is 11.8 Å². The van der Waals surface area contributed by atoms with Crippen LogP contribution in [-0.4, -0.2) is 39.9 Å². The van der Waals surface area contributed by atoms with Crippen LogP contribution in [0.15, 0.2) is 75.7 Å². The summed E-state index contributed by atoms with van der Waals surface area (Å²) >= 11 is 1.26. The van der Waals surface area contributed by atoms with Crippen LogP contribution < -0.4 is 19.6 Å². The summed E-state index contributed by atoms with van der Waals surface area (Å²) in [6, 6.07) is 15.2. The first-order valence-corrected chi connectivity index (χ1v) is 13.8. The molecule has 0 radical (unpaired) electrons. The number of benzene rings is 2. The molecule has 2 aromatic carbocycles. The Labute approximate surface area is 239 Å². The van der Waals surface area contributed by atoms with E-state index in [-0.39, 0.29) is 17.7 Å². The highest BCUT2D eigenvalue weighted by Crippen LogP contribution is 2.31. The van der Waals surface area contributed by atoms with Crippen LogP contribution in [0.5, 0.6) is 5.75 Å². The van der Waals surface area contributed by atoms with E-state index in [0.717, 1.165) is 28.2 Å². The van der Waals surface area contributed by atoms with Crippen molar-refractivity contribution in [2.75, 3.05) is 13.7 Å². The normalized spacial score (nSPS) is 15.0. The van der Waals surface area contributed by atoms with Gasteiger partial charge in [-0.1, -0.05) is 23.5 Å². The molecule has 0 fully saturated rings. The minimum Gasteiger partial charge on any atom is -0.497 e. The van der Waals surface area contributed by atoms with Crippen molar-refractivity contribution in [2.24, 2.45) is 4.99 Å². The van der Waals surface area contributed by atoms with Crippen LogP contribution in [0, 0.1) is 13.8 Å². The zero-order chi connectivity index (χ0) is 29.4. The van der Waals surface area contributed by atoms with Crippen LogP contribution in [-0.2, 0) is 9.53 Å². The first kappa shape index (κ1) is 27.9. The predicted molar refractivity (Wildman–Crippen MR) is 156 cm³/mol. The highest BCUT2D eigenvalue weighted by molar-refractivity contribution is 7.07. The summed E-state index contributed by atoms with van der Waals surface area (Å²) in [6.07, 6.45) is 1.84. The largest absolute Gasteiger partial charge is 0.497 e. The molecular formula is C31H29N3O6S. The average Bonchev–Trinajstić information content (AvgIpc) is 3.41. The number of thiazole rings is 1. The summed E-state index contributed by atoms with van der Waals surface area (Å²) in [5.41, 5.74) is 4.99. The molecule has 2 aromatic heterocycles. The van der Waals surface area contributed by atoms with Crippen molar-refractivity contribution in [2.45, 2.75) is 33.7 Å². The maximum atomic E-state index is 14.0. The number of carbonyl (C=O) groups excluding carboxylic acids is 1. The lowest BCUT2D eigenvalue weighted by molar-refractivity contribution is -0.139. The molecule has 0 spiro atoms. The van der Waals surface area contributed by atoms with Crippen LogP contribution in [0.4, 0.5) is 0 Å². The van der Waals surface area contributed by atoms with Gasteiger partial charge in [-0.15, -0.1) is 0 Å². The topological polar surface area (TPSA) is 112 Å². The highest BCUT2D eigenvalue weighted by Gasteiger charge is 2.33. The number of carbonyl (C=O) groups is 2. The Morgan fingerprint density at radius 2 is 1.76 bits per heavy atom. The van der Waals surface area contributed by atoms with Gasteiger partial charge in [-0.3, -0.25) is 9.36 Å². The Morgan fingerprint density at radius 1 is 1.07 bits per heavy atom. The number of aromatic carboxylic acids is 1. The lowest BCUT2D eigenvalue weighted by Gasteiger charge is -2.24. The van der Waals surface area contributed by atoms with E-state index in [0.29, 0.717) is 26.4 Å². The standard InChI is InChI=1S/C31H29N3O6S/c1-6-40-30(38)26-18(3)32-31-34(27(26)20-9-13-24(39-5)14-10-20)28(35)25(41-31)16-22-15-17(2)33(19(22)4)23-11-7-21(8-12-23)29(36)37/h7-16,27H,6H2,1-5H3,(H,36,37)/b25-16-/t27-/m0/s1. The van der Waals surface area contributed by atoms with Crippen molar-refractivity contribution in [3.63, 3.8) is 0 Å². The van der Waals surface area contributed by atoms with Crippen molar-refractivity contribution in [1.82, 2.24) is 9.13 Å². The zero-order valence-corrected chi connectivity index (χ0v) is 24.1. The SMILES string of the molecule is CCOC(=O)C1=C(C)N=c2s/c(=C\c3cc(C)n(-c4ccc(C(=O)O)cc4)c3C)c(=O)n2[C@H]1c1ccc(OC)cc1. The van der Waals surface area contributed by atoms with Gasteiger partial charge < -0.3 is 19.1 Å². The van der Waals surface area contributed by atoms with Gasteiger partial charge in [0.2, 0.25) is 0 Å². The fourth-order valence-electron chi connectivity index (χ4n) is 5.12. The summed E-state index contributed by atoms with van der Waals surface area (Å²) in [4.78, 5) is 43.5. The molecule has 41 heavy (non-hydrogen) atoms. The van der Waals surface area contributed by atoms with Gasteiger partial charge in [0.15, 0.2) is 4.80 Å². The minimum absolute atomic E-state index is 0.198. The number of esters is 1. The number of carboxylic acids is 1. The molecule has 4 aromatic rings. The fraction of sp³-hybridized carbons (Fsp3) is 0.226. The third-order valence-corrected chi connectivity index (χ3v) is 8.06. The number of methoxy groups -OCH3 is 1. The first-order valence-electron chi connectivity index (χ1n) is 13.0. The second-order valence-corrected chi connectivity index (χ2v) is 10.6. The number of rotatable bonds is 7. The van der Waals surface area contributed by atoms with E-state index in [2.05, 4.69) is 4.99 Å². The quantitative estimate of drug-likeness (QED) is 0.337. The highest BCUT2D eigenvalue weighted by atomic mass is 32.1. The monoisotopic (exact) mass is 571 g/mol. The second-order valence-electron chi connectivity index (χ2n) is 9.59. The first-order chi connectivity index (χ1) is 19.6. The van der Waals surface area contributed by atoms with E-state index in [1.54, 1.807) is 61.9 Å². The van der Waals surface area contributed by atoms with Gasteiger partial charge in [0.1, 0.15) is 5.75 Å². The molecule has 0 saturated heterocycles. The van der Waals surface area contributed by atoms with E-state index in [1.165, 1.54) is 11.3 Å². The molecule has 1 atom stereocenters. The van der Waals surface area contributed by atoms with Crippen molar-refractivity contribution in [1.29, 1.82) is 0 Å². The molecule has 9 nitrogen and oxygen atoms in total. The van der Waals surface area contributed by atoms with Gasteiger partial charge in [-0.2, -0.15) is 0 Å². The Morgan fingerprint density at radius 3 is 2.37 bits per heavy atom. The summed E-state index contributed by atoms with van der Waals surface area (Å²) in [7, 11) is 1.58. The van der Waals surface area contributed by atoms with E-state index < -0.39 is 18.0 Å². The number of carboxylic acid groups (broad SMARTS) is 1. The number of allylic oxidation sites excluding steroid dienone is 1. The van der Waals surface area contributed by atoms with Gasteiger partial charge in [-0.05, 0) is 87.4 Å². The number of hydrogen-bond acceptors (Lipinski definition) is 7. The van der Waals surface area contributed by atoms with E-state index >= 15 is 0 Å². The molecule has 0 bridgehead atoms. The summed E-state index contributed by atoms with van der Waals surface area (Å²) in [5, 5.41) is 9.24. The van der Waals surface area contributed by atoms with Crippen LogP contribution in [0.1, 0.15) is 52.8 Å². The smallest absolute Gasteiger partial charge is 0.338 e. The summed E-state index contributed by atoms with van der Waals surface area (Å²) < 4.78 is 14.7. The van der Waals surface area contributed by atoms with Gasteiger partial charge in [0.05, 0.1) is 41.1 Å². The molecular weight excluding hydrogens is 542 g/mol. The van der Waals surface area contributed by atoms with Crippen molar-refractivity contribution >= 4 is 29.4 Å². The molecule has 210 valence electrons. The van der Waals surface area contributed by atoms with Crippen molar-refractivity contribution in [3.8, 4) is 11.4 Å². The lowest BCUT2D eigenvalue weighted by Crippen LogP contribution is -2.39. The van der Waals surface area contributed by atoms with Crippen LogP contribution >= 0.6 is 11.3 Å². The Balaban J connectivity index is 1.65. The Bertz CT molecular complexity index is 1880. The molecule has 10 heteroatoms. The van der Waals surface area contributed by atoms with E-state index in [9.17, 15) is 19.5 Å². The van der Waals surface area contributed by atoms with Gasteiger partial charge >= 0.3 is 11.9 Å². The fourth-order valence-corrected chi connectivity index (χ4v) is 6.16. The van der Waals surface area contributed by atoms with Gasteiger partial charge in [-0.25, -0.2) is 14.6 Å². The van der Waals surface area contributed by atoms with Gasteiger partial charge in [0, 0.05) is 17.1 Å². The lowest BCUT2D eigenvalue weighted by atomic mass is 9.96. The number of aromatic nitrogens is 2. The molecule has 1 N–H and O–H groups in total. The molecule has 0 unspecified atom stereocenters. The summed E-state index contributed by atoms with van der Waals surface area (Å²) in [6.45, 7) is 7.59. The number of aryl methyl sites for hydroxylation is 1. The van der Waals surface area contributed by atoms with Gasteiger partial charge in [0.25, 0.3) is 5.56 Å².